The van der Waals surface area contributed by atoms with Gasteiger partial charge in [0.05, 0.1) is 28.2 Å². The van der Waals surface area contributed by atoms with Crippen molar-refractivity contribution in [2.75, 3.05) is 36.0 Å². The highest BCUT2D eigenvalue weighted by molar-refractivity contribution is 5.94. The second kappa shape index (κ2) is 10.3. The van der Waals surface area contributed by atoms with Gasteiger partial charge in [0.2, 0.25) is 0 Å². The molecule has 10 heteroatoms. The molecule has 0 bridgehead atoms. The number of aromatic carboxylic acids is 1. The third kappa shape index (κ3) is 4.71. The Balaban J connectivity index is 1.29. The molecule has 2 fully saturated rings. The maximum Gasteiger partial charge on any atom is 0.337 e. The number of aryl methyl sites for hydroxylation is 1. The highest BCUT2D eigenvalue weighted by Crippen LogP contribution is 2.52. The number of carboxylic acids is 1. The van der Waals surface area contributed by atoms with Crippen LogP contribution >= 0.6 is 0 Å². The Morgan fingerprint density at radius 2 is 1.63 bits per heavy atom. The molecule has 43 heavy (non-hydrogen) atoms. The van der Waals surface area contributed by atoms with E-state index in [4.69, 9.17) is 4.98 Å². The van der Waals surface area contributed by atoms with E-state index in [1.54, 1.807) is 19.1 Å². The number of benzene rings is 1. The molecule has 226 valence electrons. The van der Waals surface area contributed by atoms with Gasteiger partial charge in [-0.3, -0.25) is 4.79 Å². The molecule has 0 radical (unpaired) electrons. The number of hydrogen-bond acceptors (Lipinski definition) is 6. The van der Waals surface area contributed by atoms with Crippen LogP contribution in [0.15, 0.2) is 30.3 Å². The Hall–Kier alpha value is -4.08. The molecule has 0 atom stereocenters. The summed E-state index contributed by atoms with van der Waals surface area (Å²) in [6.07, 6.45) is 3.97. The van der Waals surface area contributed by atoms with Crippen LogP contribution in [0.5, 0.6) is 0 Å². The number of hydrogen-bond donors (Lipinski definition) is 1. The first kappa shape index (κ1) is 29.0. The number of anilines is 3. The van der Waals surface area contributed by atoms with Crippen LogP contribution in [0.2, 0.25) is 0 Å². The first-order valence-electron chi connectivity index (χ1n) is 14.9. The largest absolute Gasteiger partial charge is 0.478 e. The molecular weight excluding hydrogens is 552 g/mol. The fourth-order valence-electron chi connectivity index (χ4n) is 7.37. The fourth-order valence-corrected chi connectivity index (χ4v) is 7.37. The minimum absolute atomic E-state index is 0.148. The lowest BCUT2D eigenvalue weighted by Gasteiger charge is -2.47. The zero-order valence-electron chi connectivity index (χ0n) is 25.3. The Kier molecular flexibility index (Phi) is 6.93. The number of carboxylic acid groups (broad SMARTS) is 1. The third-order valence-corrected chi connectivity index (χ3v) is 9.69. The summed E-state index contributed by atoms with van der Waals surface area (Å²) in [6.45, 7) is 11.6. The molecule has 1 aliphatic carbocycles. The molecule has 1 aromatic carbocycles. The summed E-state index contributed by atoms with van der Waals surface area (Å²) in [5, 5.41) is 9.64. The van der Waals surface area contributed by atoms with Crippen LogP contribution in [0.1, 0.15) is 82.9 Å². The minimum Gasteiger partial charge on any atom is -0.478 e. The van der Waals surface area contributed by atoms with Crippen molar-refractivity contribution in [2.45, 2.75) is 71.3 Å². The molecule has 0 unspecified atom stereocenters. The van der Waals surface area contributed by atoms with Crippen LogP contribution in [-0.4, -0.2) is 63.6 Å². The number of piperazine rings is 1. The van der Waals surface area contributed by atoms with E-state index in [0.29, 0.717) is 48.8 Å². The summed E-state index contributed by atoms with van der Waals surface area (Å²) in [7, 11) is 0. The van der Waals surface area contributed by atoms with Gasteiger partial charge < -0.3 is 19.8 Å². The molecular formula is C33H37F2N5O3. The average Bonchev–Trinajstić information content (AvgIpc) is 3.56. The molecule has 3 aromatic rings. The van der Waals surface area contributed by atoms with Gasteiger partial charge in [-0.1, -0.05) is 12.8 Å². The SMILES string of the molecule is Cc1nc(N2CCN(C(=O)c3ccc4c(n3)C3(CCCC3)CN4c3ccc(F)c(F)c3)C(C)(C)C2)c(C)c(C)c1C(=O)O. The van der Waals surface area contributed by atoms with Gasteiger partial charge in [-0.25, -0.2) is 23.5 Å². The van der Waals surface area contributed by atoms with Crippen molar-refractivity contribution < 1.29 is 23.5 Å². The van der Waals surface area contributed by atoms with Gasteiger partial charge in [-0.2, -0.15) is 0 Å². The van der Waals surface area contributed by atoms with Crippen molar-refractivity contribution in [3.8, 4) is 0 Å². The van der Waals surface area contributed by atoms with Gasteiger partial charge >= 0.3 is 5.97 Å². The summed E-state index contributed by atoms with van der Waals surface area (Å²) < 4.78 is 27.9. The van der Waals surface area contributed by atoms with Gasteiger partial charge in [0, 0.05) is 43.3 Å². The van der Waals surface area contributed by atoms with Crippen LogP contribution in [0.3, 0.4) is 0 Å². The summed E-state index contributed by atoms with van der Waals surface area (Å²) in [5.41, 5.74) is 4.11. The number of halogens is 2. The predicted octanol–water partition coefficient (Wildman–Crippen LogP) is 6.08. The van der Waals surface area contributed by atoms with E-state index in [2.05, 4.69) is 9.88 Å². The Bertz CT molecular complexity index is 1650. The Morgan fingerprint density at radius 3 is 2.28 bits per heavy atom. The van der Waals surface area contributed by atoms with Crippen molar-refractivity contribution in [2.24, 2.45) is 0 Å². The first-order chi connectivity index (χ1) is 20.3. The van der Waals surface area contributed by atoms with Gasteiger partial charge in [0.1, 0.15) is 11.5 Å². The Morgan fingerprint density at radius 1 is 0.907 bits per heavy atom. The summed E-state index contributed by atoms with van der Waals surface area (Å²) >= 11 is 0. The Labute approximate surface area is 250 Å². The van der Waals surface area contributed by atoms with Crippen molar-refractivity contribution in [1.82, 2.24) is 14.9 Å². The molecule has 1 N–H and O–H groups in total. The highest BCUT2D eigenvalue weighted by Gasteiger charge is 2.47. The van der Waals surface area contributed by atoms with Crippen LogP contribution in [-0.2, 0) is 5.41 Å². The standard InChI is InChI=1S/C33H37F2N5O3/c1-19-20(2)29(36-21(3)27(19)31(42)43)38-14-15-40(32(4,5)17-38)30(41)25-10-11-26-28(37-25)33(12-6-7-13-33)18-39(26)22-8-9-23(34)24(35)16-22/h8-11,16H,6-7,12-15,17-18H2,1-5H3,(H,42,43). The second-order valence-corrected chi connectivity index (χ2v) is 12.9. The number of carbonyl (C=O) groups excluding carboxylic acids is 1. The lowest BCUT2D eigenvalue weighted by atomic mass is 9.84. The van der Waals surface area contributed by atoms with Crippen LogP contribution in [0, 0.1) is 32.4 Å². The van der Waals surface area contributed by atoms with Crippen molar-refractivity contribution in [1.29, 1.82) is 0 Å². The molecule has 1 saturated heterocycles. The van der Waals surface area contributed by atoms with E-state index >= 15 is 0 Å². The second-order valence-electron chi connectivity index (χ2n) is 12.9. The number of rotatable bonds is 4. The topological polar surface area (TPSA) is 89.9 Å². The van der Waals surface area contributed by atoms with Crippen LogP contribution in [0.4, 0.5) is 26.0 Å². The van der Waals surface area contributed by atoms with E-state index in [1.165, 1.54) is 6.07 Å². The number of aromatic nitrogens is 2. The molecule has 1 spiro atoms. The number of nitrogens with zero attached hydrogens (tertiary/aromatic N) is 5. The molecule has 8 nitrogen and oxygen atoms in total. The molecule has 6 rings (SSSR count). The maximum absolute atomic E-state index is 14.2. The quantitative estimate of drug-likeness (QED) is 0.394. The number of fused-ring (bicyclic) bond motifs is 2. The van der Waals surface area contributed by atoms with E-state index < -0.39 is 23.1 Å². The number of pyridine rings is 2. The zero-order chi connectivity index (χ0) is 30.8. The van der Waals surface area contributed by atoms with Crippen LogP contribution in [0.25, 0.3) is 0 Å². The molecule has 3 aliphatic rings. The number of amides is 1. The highest BCUT2D eigenvalue weighted by atomic mass is 19.2. The van der Waals surface area contributed by atoms with Crippen LogP contribution < -0.4 is 9.80 Å². The summed E-state index contributed by atoms with van der Waals surface area (Å²) in [4.78, 5) is 41.5. The average molecular weight is 590 g/mol. The van der Waals surface area contributed by atoms with E-state index in [-0.39, 0.29) is 16.9 Å². The zero-order valence-corrected chi connectivity index (χ0v) is 25.3. The minimum atomic E-state index is -0.984. The maximum atomic E-state index is 14.2. The normalized spacial score (nSPS) is 18.8. The molecule has 1 amide bonds. The van der Waals surface area contributed by atoms with Crippen molar-refractivity contribution in [3.63, 3.8) is 0 Å². The lowest BCUT2D eigenvalue weighted by Crippen LogP contribution is -2.61. The molecule has 2 aromatic heterocycles. The molecule has 1 saturated carbocycles. The van der Waals surface area contributed by atoms with E-state index in [1.807, 2.05) is 43.6 Å². The monoisotopic (exact) mass is 589 g/mol. The number of carbonyl (C=O) groups is 2. The van der Waals surface area contributed by atoms with Gasteiger partial charge in [0.25, 0.3) is 5.91 Å². The third-order valence-electron chi connectivity index (χ3n) is 9.69. The lowest BCUT2D eigenvalue weighted by molar-refractivity contribution is 0.0506. The first-order valence-corrected chi connectivity index (χ1v) is 14.9. The summed E-state index contributed by atoms with van der Waals surface area (Å²) in [5.74, 6) is -2.15. The smallest absolute Gasteiger partial charge is 0.337 e. The van der Waals surface area contributed by atoms with E-state index in [9.17, 15) is 23.5 Å². The van der Waals surface area contributed by atoms with Gasteiger partial charge in [-0.15, -0.1) is 0 Å². The van der Waals surface area contributed by atoms with E-state index in [0.717, 1.165) is 54.5 Å². The van der Waals surface area contributed by atoms with Crippen molar-refractivity contribution in [3.05, 3.63) is 75.7 Å². The predicted molar refractivity (Wildman–Crippen MR) is 160 cm³/mol. The van der Waals surface area contributed by atoms with Gasteiger partial charge in [-0.05, 0) is 82.9 Å². The molecule has 2 aliphatic heterocycles. The molecule has 4 heterocycles. The summed E-state index contributed by atoms with van der Waals surface area (Å²) in [6, 6.07) is 7.61. The van der Waals surface area contributed by atoms with Crippen molar-refractivity contribution >= 4 is 29.1 Å². The van der Waals surface area contributed by atoms with Gasteiger partial charge in [0.15, 0.2) is 11.6 Å². The fraction of sp³-hybridized carbons (Fsp3) is 0.455.